The largest absolute Gasteiger partial charge is 0.396 e. The SMILES string of the molecule is O=C(CCO)C1CCC[N]1. The molecule has 0 saturated carbocycles. The number of rotatable bonds is 3. The lowest BCUT2D eigenvalue weighted by atomic mass is 10.1. The van der Waals surface area contributed by atoms with Gasteiger partial charge in [-0.3, -0.25) is 4.79 Å². The number of hydrogen-bond donors (Lipinski definition) is 1. The highest BCUT2D eigenvalue weighted by Crippen LogP contribution is 2.08. The number of aliphatic hydroxyl groups excluding tert-OH is 1. The molecule has 0 spiro atoms. The summed E-state index contributed by atoms with van der Waals surface area (Å²) in [6, 6.07) is -0.0906. The first kappa shape index (κ1) is 7.69. The summed E-state index contributed by atoms with van der Waals surface area (Å²) in [4.78, 5) is 11.0. The number of aliphatic hydroxyl groups is 1. The van der Waals surface area contributed by atoms with Crippen LogP contribution in [0.3, 0.4) is 0 Å². The van der Waals surface area contributed by atoms with Crippen molar-refractivity contribution in [3.05, 3.63) is 0 Å². The van der Waals surface area contributed by atoms with Gasteiger partial charge in [0.1, 0.15) is 0 Å². The van der Waals surface area contributed by atoms with E-state index >= 15 is 0 Å². The molecule has 0 aliphatic carbocycles. The Bertz CT molecular complexity index is 119. The summed E-state index contributed by atoms with van der Waals surface area (Å²) in [6.45, 7) is 0.784. The molecular weight excluding hydrogens is 130 g/mol. The van der Waals surface area contributed by atoms with Crippen LogP contribution in [0.5, 0.6) is 0 Å². The molecule has 1 heterocycles. The van der Waals surface area contributed by atoms with Crippen molar-refractivity contribution in [1.29, 1.82) is 0 Å². The first-order valence-corrected chi connectivity index (χ1v) is 3.65. The standard InChI is InChI=1S/C7H12NO2/c9-5-3-7(10)6-2-1-4-8-6/h6,9H,1-5H2. The molecular formula is C7H12NO2. The molecule has 57 valence electrons. The van der Waals surface area contributed by atoms with E-state index < -0.39 is 0 Å². The minimum absolute atomic E-state index is 0.0369. The molecule has 1 unspecified atom stereocenters. The first-order chi connectivity index (χ1) is 4.84. The van der Waals surface area contributed by atoms with E-state index in [1.165, 1.54) is 0 Å². The first-order valence-electron chi connectivity index (χ1n) is 3.65. The fourth-order valence-corrected chi connectivity index (χ4v) is 1.16. The summed E-state index contributed by atoms with van der Waals surface area (Å²) in [5.41, 5.74) is 0. The molecule has 1 aliphatic heterocycles. The monoisotopic (exact) mass is 142 g/mol. The van der Waals surface area contributed by atoms with Crippen LogP contribution >= 0.6 is 0 Å². The van der Waals surface area contributed by atoms with Crippen LogP contribution in [0, 0.1) is 0 Å². The second kappa shape index (κ2) is 3.68. The summed E-state index contributed by atoms with van der Waals surface area (Å²) in [5.74, 6) is 0.0972. The van der Waals surface area contributed by atoms with Gasteiger partial charge >= 0.3 is 0 Å². The third-order valence-electron chi connectivity index (χ3n) is 1.72. The average molecular weight is 142 g/mol. The van der Waals surface area contributed by atoms with Gasteiger partial charge in [-0.2, -0.15) is 0 Å². The Morgan fingerprint density at radius 3 is 3.00 bits per heavy atom. The number of hydrogen-bond acceptors (Lipinski definition) is 2. The number of Topliss-reactive ketones (excluding diaryl/α,β-unsaturated/α-hetero) is 1. The van der Waals surface area contributed by atoms with Crippen molar-refractivity contribution in [2.24, 2.45) is 0 Å². The molecule has 1 atom stereocenters. The van der Waals surface area contributed by atoms with Crippen LogP contribution in [0.25, 0.3) is 0 Å². The third kappa shape index (κ3) is 1.78. The molecule has 1 radical (unpaired) electrons. The van der Waals surface area contributed by atoms with E-state index in [0.717, 1.165) is 19.4 Å². The molecule has 0 aromatic heterocycles. The van der Waals surface area contributed by atoms with Crippen LogP contribution in [0.4, 0.5) is 0 Å². The Balaban J connectivity index is 2.25. The van der Waals surface area contributed by atoms with Gasteiger partial charge in [0.05, 0.1) is 12.6 Å². The van der Waals surface area contributed by atoms with Gasteiger partial charge in [0, 0.05) is 13.0 Å². The molecule has 1 N–H and O–H groups in total. The van der Waals surface area contributed by atoms with Gasteiger partial charge in [-0.1, -0.05) is 0 Å². The Kier molecular flexibility index (Phi) is 2.83. The van der Waals surface area contributed by atoms with E-state index in [9.17, 15) is 4.79 Å². The van der Waals surface area contributed by atoms with Gasteiger partial charge in [-0.25, -0.2) is 5.32 Å². The van der Waals surface area contributed by atoms with Crippen molar-refractivity contribution in [2.45, 2.75) is 25.3 Å². The zero-order valence-electron chi connectivity index (χ0n) is 5.92. The number of carbonyl (C=O) groups is 1. The maximum Gasteiger partial charge on any atom is 0.153 e. The van der Waals surface area contributed by atoms with E-state index in [4.69, 9.17) is 5.11 Å². The van der Waals surface area contributed by atoms with E-state index in [1.807, 2.05) is 0 Å². The molecule has 3 nitrogen and oxygen atoms in total. The predicted octanol–water partition coefficient (Wildman–Crippen LogP) is -0.295. The van der Waals surface area contributed by atoms with Crippen molar-refractivity contribution in [3.63, 3.8) is 0 Å². The lowest BCUT2D eigenvalue weighted by Crippen LogP contribution is -2.25. The van der Waals surface area contributed by atoms with Crippen LogP contribution in [-0.4, -0.2) is 30.1 Å². The van der Waals surface area contributed by atoms with Gasteiger partial charge in [0.25, 0.3) is 0 Å². The highest BCUT2D eigenvalue weighted by Gasteiger charge is 2.21. The highest BCUT2D eigenvalue weighted by atomic mass is 16.3. The predicted molar refractivity (Wildman–Crippen MR) is 36.7 cm³/mol. The maximum absolute atomic E-state index is 11.0. The quantitative estimate of drug-likeness (QED) is 0.588. The van der Waals surface area contributed by atoms with Crippen LogP contribution in [-0.2, 0) is 4.79 Å². The molecule has 10 heavy (non-hydrogen) atoms. The highest BCUT2D eigenvalue weighted by molar-refractivity contribution is 5.84. The minimum atomic E-state index is -0.0906. The van der Waals surface area contributed by atoms with Crippen LogP contribution in [0.2, 0.25) is 0 Å². The van der Waals surface area contributed by atoms with Crippen molar-refractivity contribution in [1.82, 2.24) is 5.32 Å². The number of carbonyl (C=O) groups excluding carboxylic acids is 1. The van der Waals surface area contributed by atoms with Crippen LogP contribution in [0.1, 0.15) is 19.3 Å². The lowest BCUT2D eigenvalue weighted by Gasteiger charge is -2.04. The van der Waals surface area contributed by atoms with Crippen molar-refractivity contribution < 1.29 is 9.90 Å². The normalized spacial score (nSPS) is 25.1. The summed E-state index contributed by atoms with van der Waals surface area (Å²) < 4.78 is 0. The molecule has 1 aliphatic rings. The van der Waals surface area contributed by atoms with Crippen LogP contribution < -0.4 is 5.32 Å². The summed E-state index contributed by atoms with van der Waals surface area (Å²) in [6.07, 6.45) is 2.19. The molecule has 3 heteroatoms. The average Bonchev–Trinajstić information content (AvgIpc) is 2.38. The van der Waals surface area contributed by atoms with Gasteiger partial charge in [-0.15, -0.1) is 0 Å². The molecule has 0 aromatic carbocycles. The maximum atomic E-state index is 11.0. The van der Waals surface area contributed by atoms with E-state index in [-0.39, 0.29) is 24.9 Å². The Hall–Kier alpha value is -0.410. The fourth-order valence-electron chi connectivity index (χ4n) is 1.16. The zero-order chi connectivity index (χ0) is 7.40. The van der Waals surface area contributed by atoms with Gasteiger partial charge in [-0.05, 0) is 12.8 Å². The van der Waals surface area contributed by atoms with Gasteiger partial charge < -0.3 is 5.11 Å². The molecule has 0 bridgehead atoms. The Labute approximate surface area is 60.4 Å². The summed E-state index contributed by atoms with van der Waals surface area (Å²) in [5, 5.41) is 12.5. The van der Waals surface area contributed by atoms with Gasteiger partial charge in [0.2, 0.25) is 0 Å². The second-order valence-electron chi connectivity index (χ2n) is 2.50. The van der Waals surface area contributed by atoms with E-state index in [0.29, 0.717) is 0 Å². The lowest BCUT2D eigenvalue weighted by molar-refractivity contribution is -0.121. The van der Waals surface area contributed by atoms with E-state index in [2.05, 4.69) is 5.32 Å². The van der Waals surface area contributed by atoms with Crippen LogP contribution in [0.15, 0.2) is 0 Å². The fraction of sp³-hybridized carbons (Fsp3) is 0.857. The number of ketones is 1. The van der Waals surface area contributed by atoms with Crippen molar-refractivity contribution >= 4 is 5.78 Å². The summed E-state index contributed by atoms with van der Waals surface area (Å²) in [7, 11) is 0. The summed E-state index contributed by atoms with van der Waals surface area (Å²) >= 11 is 0. The molecule has 1 fully saturated rings. The van der Waals surface area contributed by atoms with Crippen molar-refractivity contribution in [2.75, 3.05) is 13.2 Å². The molecule has 1 rings (SSSR count). The zero-order valence-corrected chi connectivity index (χ0v) is 5.92. The molecule has 0 aromatic rings. The molecule has 1 saturated heterocycles. The minimum Gasteiger partial charge on any atom is -0.396 e. The number of nitrogens with zero attached hydrogens (tertiary/aromatic N) is 1. The third-order valence-corrected chi connectivity index (χ3v) is 1.72. The smallest absolute Gasteiger partial charge is 0.153 e. The molecule has 0 amide bonds. The van der Waals surface area contributed by atoms with Gasteiger partial charge in [0.15, 0.2) is 5.78 Å². The Morgan fingerprint density at radius 2 is 2.50 bits per heavy atom. The van der Waals surface area contributed by atoms with Crippen molar-refractivity contribution in [3.8, 4) is 0 Å². The second-order valence-corrected chi connectivity index (χ2v) is 2.50. The topological polar surface area (TPSA) is 51.4 Å². The Morgan fingerprint density at radius 1 is 1.70 bits per heavy atom. The van der Waals surface area contributed by atoms with E-state index in [1.54, 1.807) is 0 Å².